The van der Waals surface area contributed by atoms with Crippen molar-refractivity contribution in [3.05, 3.63) is 34.4 Å². The van der Waals surface area contributed by atoms with E-state index in [1.807, 2.05) is 32.9 Å². The van der Waals surface area contributed by atoms with E-state index in [0.29, 0.717) is 13.0 Å². The Morgan fingerprint density at radius 3 is 2.45 bits per heavy atom. The molecule has 0 amide bonds. The first-order valence-corrected chi connectivity index (χ1v) is 7.95. The lowest BCUT2D eigenvalue weighted by molar-refractivity contribution is -0.138. The zero-order valence-electron chi connectivity index (χ0n) is 13.7. The number of aliphatic carboxylic acids is 1. The number of benzene rings is 1. The average Bonchev–Trinajstić information content (AvgIpc) is 2.81. The molecule has 2 rings (SSSR count). The second kappa shape index (κ2) is 7.05. The zero-order chi connectivity index (χ0) is 16.3. The number of carboxylic acid groups (broad SMARTS) is 1. The minimum atomic E-state index is -0.756. The molecule has 0 bridgehead atoms. The van der Waals surface area contributed by atoms with Gasteiger partial charge in [-0.05, 0) is 51.3 Å². The smallest absolute Gasteiger partial charge is 0.304 e. The number of hydrogen-bond donors (Lipinski definition) is 1. The van der Waals surface area contributed by atoms with Crippen LogP contribution in [0.25, 0.3) is 0 Å². The van der Waals surface area contributed by atoms with Crippen LogP contribution in [0.15, 0.2) is 12.1 Å². The van der Waals surface area contributed by atoms with Gasteiger partial charge in [-0.2, -0.15) is 0 Å². The third-order valence-corrected chi connectivity index (χ3v) is 4.49. The van der Waals surface area contributed by atoms with Gasteiger partial charge in [0.15, 0.2) is 5.78 Å². The molecule has 0 radical (unpaired) electrons. The number of Topliss-reactive ketones (excluding diaryl/α,β-unsaturated/α-hetero) is 1. The molecule has 1 aliphatic heterocycles. The molecule has 1 heterocycles. The topological polar surface area (TPSA) is 57.6 Å². The van der Waals surface area contributed by atoms with E-state index in [1.54, 1.807) is 0 Å². The molecular formula is C18H25NO3. The molecule has 1 fully saturated rings. The largest absolute Gasteiger partial charge is 0.481 e. The van der Waals surface area contributed by atoms with Gasteiger partial charge < -0.3 is 5.11 Å². The van der Waals surface area contributed by atoms with Crippen molar-refractivity contribution in [1.82, 2.24) is 4.90 Å². The fraction of sp³-hybridized carbons (Fsp3) is 0.556. The maximum Gasteiger partial charge on any atom is 0.304 e. The maximum atomic E-state index is 12.5. The normalized spacial score (nSPS) is 18.6. The van der Waals surface area contributed by atoms with Crippen LogP contribution in [-0.2, 0) is 4.79 Å². The van der Waals surface area contributed by atoms with Gasteiger partial charge in [-0.15, -0.1) is 0 Å². The van der Waals surface area contributed by atoms with Crippen LogP contribution >= 0.6 is 0 Å². The summed E-state index contributed by atoms with van der Waals surface area (Å²) in [5.41, 5.74) is 4.07. The first kappa shape index (κ1) is 16.7. The Kier molecular flexibility index (Phi) is 5.35. The van der Waals surface area contributed by atoms with Crippen LogP contribution in [0.5, 0.6) is 0 Å². The molecule has 1 unspecified atom stereocenters. The molecule has 4 nitrogen and oxygen atoms in total. The van der Waals surface area contributed by atoms with E-state index < -0.39 is 5.97 Å². The summed E-state index contributed by atoms with van der Waals surface area (Å²) in [7, 11) is 0. The van der Waals surface area contributed by atoms with Crippen molar-refractivity contribution >= 4 is 11.8 Å². The molecule has 1 atom stereocenters. The van der Waals surface area contributed by atoms with E-state index in [2.05, 4.69) is 4.90 Å². The molecule has 0 spiro atoms. The summed E-state index contributed by atoms with van der Waals surface area (Å²) >= 11 is 0. The predicted octanol–water partition coefficient (Wildman–Crippen LogP) is 3.12. The highest BCUT2D eigenvalue weighted by atomic mass is 16.4. The Labute approximate surface area is 132 Å². The van der Waals surface area contributed by atoms with Crippen molar-refractivity contribution in [2.45, 2.75) is 52.5 Å². The minimum absolute atomic E-state index is 0.0884. The van der Waals surface area contributed by atoms with E-state index >= 15 is 0 Å². The second-order valence-corrected chi connectivity index (χ2v) is 6.38. The van der Waals surface area contributed by atoms with Gasteiger partial charge in [-0.25, -0.2) is 0 Å². The van der Waals surface area contributed by atoms with Crippen molar-refractivity contribution in [2.24, 2.45) is 0 Å². The molecule has 120 valence electrons. The number of likely N-dealkylation sites (tertiary alicyclic amines) is 1. The Balaban J connectivity index is 2.00. The summed E-state index contributed by atoms with van der Waals surface area (Å²) in [6, 6.07) is 4.18. The first-order valence-electron chi connectivity index (χ1n) is 7.95. The van der Waals surface area contributed by atoms with Gasteiger partial charge in [0.1, 0.15) is 0 Å². The highest BCUT2D eigenvalue weighted by molar-refractivity contribution is 5.99. The number of nitrogens with zero attached hydrogens (tertiary/aromatic N) is 1. The summed E-state index contributed by atoms with van der Waals surface area (Å²) in [4.78, 5) is 25.6. The quantitative estimate of drug-likeness (QED) is 0.820. The molecule has 1 aromatic carbocycles. The van der Waals surface area contributed by atoms with Gasteiger partial charge in [0.05, 0.1) is 6.42 Å². The van der Waals surface area contributed by atoms with Crippen LogP contribution in [-0.4, -0.2) is 40.9 Å². The molecule has 1 saturated heterocycles. The lowest BCUT2D eigenvalue weighted by Crippen LogP contribution is -2.33. The molecule has 1 N–H and O–H groups in total. The molecule has 0 aliphatic carbocycles. The van der Waals surface area contributed by atoms with Crippen LogP contribution in [0.3, 0.4) is 0 Å². The molecule has 0 saturated carbocycles. The van der Waals surface area contributed by atoms with Gasteiger partial charge in [0.2, 0.25) is 0 Å². The summed E-state index contributed by atoms with van der Waals surface area (Å²) in [5.74, 6) is -0.593. The third kappa shape index (κ3) is 3.95. The van der Waals surface area contributed by atoms with E-state index in [9.17, 15) is 9.59 Å². The number of carboxylic acids is 1. The van der Waals surface area contributed by atoms with Gasteiger partial charge in [0, 0.05) is 24.6 Å². The Hall–Kier alpha value is -1.68. The number of hydrogen-bond acceptors (Lipinski definition) is 3. The lowest BCUT2D eigenvalue weighted by atomic mass is 9.95. The van der Waals surface area contributed by atoms with Gasteiger partial charge >= 0.3 is 5.97 Å². The number of rotatable bonds is 6. The second-order valence-electron chi connectivity index (χ2n) is 6.38. The van der Waals surface area contributed by atoms with E-state index in [0.717, 1.165) is 36.1 Å². The number of aryl methyl sites for hydroxylation is 3. The summed E-state index contributed by atoms with van der Waals surface area (Å²) in [5, 5.41) is 8.95. The summed E-state index contributed by atoms with van der Waals surface area (Å²) in [6.45, 7) is 7.56. The molecule has 0 aromatic heterocycles. The highest BCUT2D eigenvalue weighted by Crippen LogP contribution is 2.22. The fourth-order valence-corrected chi connectivity index (χ4v) is 3.61. The summed E-state index contributed by atoms with van der Waals surface area (Å²) < 4.78 is 0. The number of carbonyl (C=O) groups excluding carboxylic acids is 1. The van der Waals surface area contributed by atoms with Crippen LogP contribution in [0.1, 0.15) is 52.7 Å². The predicted molar refractivity (Wildman–Crippen MR) is 86.4 cm³/mol. The SMILES string of the molecule is Cc1cc(C)c(C(=O)CCN2CCCC2CC(=O)O)c(C)c1. The number of ketones is 1. The number of carbonyl (C=O) groups is 2. The summed E-state index contributed by atoms with van der Waals surface area (Å²) in [6.07, 6.45) is 2.58. The first-order chi connectivity index (χ1) is 10.4. The lowest BCUT2D eigenvalue weighted by Gasteiger charge is -2.23. The molecular weight excluding hydrogens is 278 g/mol. The Morgan fingerprint density at radius 2 is 1.86 bits per heavy atom. The van der Waals surface area contributed by atoms with E-state index in [-0.39, 0.29) is 18.2 Å². The molecule has 1 aliphatic rings. The van der Waals surface area contributed by atoms with Gasteiger partial charge in [-0.3, -0.25) is 14.5 Å². The standard InChI is InChI=1S/C18H25NO3/c1-12-9-13(2)18(14(3)10-12)16(20)6-8-19-7-4-5-15(19)11-17(21)22/h9-10,15H,4-8,11H2,1-3H3,(H,21,22). The zero-order valence-corrected chi connectivity index (χ0v) is 13.7. The minimum Gasteiger partial charge on any atom is -0.481 e. The molecule has 4 heteroatoms. The van der Waals surface area contributed by atoms with Crippen LogP contribution in [0.4, 0.5) is 0 Å². The van der Waals surface area contributed by atoms with Crippen molar-refractivity contribution in [3.8, 4) is 0 Å². The monoisotopic (exact) mass is 303 g/mol. The van der Waals surface area contributed by atoms with Crippen LogP contribution < -0.4 is 0 Å². The Bertz CT molecular complexity index is 557. The fourth-order valence-electron chi connectivity index (χ4n) is 3.61. The highest BCUT2D eigenvalue weighted by Gasteiger charge is 2.27. The van der Waals surface area contributed by atoms with Crippen LogP contribution in [0.2, 0.25) is 0 Å². The van der Waals surface area contributed by atoms with Gasteiger partial charge in [0.25, 0.3) is 0 Å². The van der Waals surface area contributed by atoms with Crippen molar-refractivity contribution in [3.63, 3.8) is 0 Å². The van der Waals surface area contributed by atoms with E-state index in [4.69, 9.17) is 5.11 Å². The van der Waals surface area contributed by atoms with Crippen molar-refractivity contribution < 1.29 is 14.7 Å². The van der Waals surface area contributed by atoms with E-state index in [1.165, 1.54) is 5.56 Å². The van der Waals surface area contributed by atoms with Crippen molar-refractivity contribution in [2.75, 3.05) is 13.1 Å². The third-order valence-electron chi connectivity index (χ3n) is 4.49. The maximum absolute atomic E-state index is 12.5. The molecule has 22 heavy (non-hydrogen) atoms. The molecule has 1 aromatic rings. The Morgan fingerprint density at radius 1 is 1.23 bits per heavy atom. The van der Waals surface area contributed by atoms with Crippen LogP contribution in [0, 0.1) is 20.8 Å². The average molecular weight is 303 g/mol. The van der Waals surface area contributed by atoms with Gasteiger partial charge in [-0.1, -0.05) is 17.7 Å². The van der Waals surface area contributed by atoms with Crippen molar-refractivity contribution in [1.29, 1.82) is 0 Å².